The fourth-order valence-corrected chi connectivity index (χ4v) is 4.37. The molecular formula is C30H29N3O6S2. The van der Waals surface area contributed by atoms with Crippen LogP contribution >= 0.6 is 24.4 Å². The van der Waals surface area contributed by atoms with Crippen molar-refractivity contribution in [2.24, 2.45) is 0 Å². The summed E-state index contributed by atoms with van der Waals surface area (Å²) in [5.41, 5.74) is 2.37. The van der Waals surface area contributed by atoms with E-state index >= 15 is 0 Å². The number of imide groups is 1. The monoisotopic (exact) mass is 591 g/mol. The number of terminal acetylenes is 1. The number of benzene rings is 3. The molecule has 0 saturated carbocycles. The fraction of sp³-hybridized carbons (Fsp3) is 0.267. The molecule has 0 atom stereocenters. The van der Waals surface area contributed by atoms with Crippen LogP contribution in [0.25, 0.3) is 10.8 Å². The first-order valence-corrected chi connectivity index (χ1v) is 13.5. The predicted molar refractivity (Wildman–Crippen MR) is 164 cm³/mol. The highest BCUT2D eigenvalue weighted by molar-refractivity contribution is 7.80. The molecule has 0 radical (unpaired) electrons. The van der Waals surface area contributed by atoms with Crippen molar-refractivity contribution >= 4 is 63.1 Å². The normalized spacial score (nSPS) is 12.2. The molecule has 0 aromatic heterocycles. The highest BCUT2D eigenvalue weighted by atomic mass is 32.1. The smallest absolute Gasteiger partial charge is 0.264 e. The third-order valence-corrected chi connectivity index (χ3v) is 6.78. The minimum absolute atomic E-state index is 0.121. The van der Waals surface area contributed by atoms with Crippen LogP contribution in [0.5, 0.6) is 5.75 Å². The van der Waals surface area contributed by atoms with Gasteiger partial charge in [0.25, 0.3) is 22.2 Å². The van der Waals surface area contributed by atoms with Crippen LogP contribution in [0.1, 0.15) is 26.3 Å². The molecule has 2 amide bonds. The van der Waals surface area contributed by atoms with Gasteiger partial charge in [0.05, 0.1) is 26.4 Å². The van der Waals surface area contributed by atoms with Crippen LogP contribution in [-0.2, 0) is 20.8 Å². The molecule has 1 heterocycles. The molecule has 1 aliphatic rings. The first-order chi connectivity index (χ1) is 19.8. The zero-order chi connectivity index (χ0) is 29.4. The summed E-state index contributed by atoms with van der Waals surface area (Å²) in [6.45, 7) is 1.39. The van der Waals surface area contributed by atoms with Crippen LogP contribution in [0.3, 0.4) is 0 Å². The van der Waals surface area contributed by atoms with Crippen molar-refractivity contribution in [3.63, 3.8) is 0 Å². The lowest BCUT2D eigenvalue weighted by atomic mass is 9.93. The summed E-state index contributed by atoms with van der Waals surface area (Å²) in [5, 5.41) is 4.87. The number of ether oxygens (including phenoxy) is 4. The molecule has 0 saturated heterocycles. The van der Waals surface area contributed by atoms with Crippen molar-refractivity contribution in [1.29, 1.82) is 0 Å². The Morgan fingerprint density at radius 1 is 0.951 bits per heavy atom. The number of anilines is 1. The van der Waals surface area contributed by atoms with Gasteiger partial charge in [-0.3, -0.25) is 14.5 Å². The fourth-order valence-electron chi connectivity index (χ4n) is 4.11. The van der Waals surface area contributed by atoms with E-state index in [1.165, 1.54) is 4.90 Å². The average Bonchev–Trinajstić information content (AvgIpc) is 2.97. The van der Waals surface area contributed by atoms with Gasteiger partial charge < -0.3 is 29.2 Å². The van der Waals surface area contributed by atoms with E-state index in [9.17, 15) is 9.59 Å². The van der Waals surface area contributed by atoms with Gasteiger partial charge in [-0.2, -0.15) is 0 Å². The van der Waals surface area contributed by atoms with Crippen LogP contribution in [-0.4, -0.2) is 79.0 Å². The number of rotatable bonds is 11. The molecule has 1 N–H and O–H groups in total. The first kappa shape index (κ1) is 29.9. The summed E-state index contributed by atoms with van der Waals surface area (Å²) < 4.78 is 22.0. The second-order valence-corrected chi connectivity index (χ2v) is 9.85. The Morgan fingerprint density at radius 2 is 1.66 bits per heavy atom. The third-order valence-electron chi connectivity index (χ3n) is 6.11. The number of thiocarbonyl (C=S) groups is 2. The average molecular weight is 592 g/mol. The first-order valence-electron chi connectivity index (χ1n) is 12.7. The van der Waals surface area contributed by atoms with Crippen molar-refractivity contribution in [3.05, 3.63) is 71.3 Å². The van der Waals surface area contributed by atoms with E-state index in [4.69, 9.17) is 49.8 Å². The number of amides is 2. The topological polar surface area (TPSA) is 89.6 Å². The molecule has 0 aliphatic carbocycles. The molecule has 3 aromatic rings. The summed E-state index contributed by atoms with van der Waals surface area (Å²) in [5.74, 6) is 2.24. The van der Waals surface area contributed by atoms with E-state index in [0.717, 1.165) is 5.56 Å². The summed E-state index contributed by atoms with van der Waals surface area (Å²) >= 11 is 10.6. The number of hydrogen-bond acceptors (Lipinski definition) is 8. The van der Waals surface area contributed by atoms with Crippen LogP contribution in [0, 0.1) is 12.3 Å². The Balaban J connectivity index is 1.38. The maximum atomic E-state index is 13.2. The molecule has 1 aliphatic heterocycles. The Bertz CT molecular complexity index is 1480. The summed E-state index contributed by atoms with van der Waals surface area (Å²) in [4.78, 5) is 29.4. The predicted octanol–water partition coefficient (Wildman–Crippen LogP) is 4.24. The molecule has 0 unspecified atom stereocenters. The standard InChI is InChI=1S/C30H29N3O6S2/c1-4-15-36-17-18-37-16-14-33-27(34)23-7-5-6-22-25(13-12-24(26(22)23)28(33)35)31-29(40)38-19-20-8-10-21(11-9-20)39-30(41)32(2)3/h1,5-13H,14-19H2,2-3H3,(H,31,40). The molecule has 9 nitrogen and oxygen atoms in total. The van der Waals surface area contributed by atoms with E-state index in [1.807, 2.05) is 32.3 Å². The molecule has 3 aromatic carbocycles. The van der Waals surface area contributed by atoms with Gasteiger partial charge in [0.2, 0.25) is 0 Å². The molecule has 4 rings (SSSR count). The molecule has 212 valence electrons. The van der Waals surface area contributed by atoms with E-state index in [2.05, 4.69) is 11.2 Å². The number of carbonyl (C=O) groups is 2. The lowest BCUT2D eigenvalue weighted by molar-refractivity contribution is 0.0395. The van der Waals surface area contributed by atoms with Gasteiger partial charge >= 0.3 is 0 Å². The number of nitrogens with one attached hydrogen (secondary N) is 1. The number of carbonyl (C=O) groups excluding carboxylic acids is 2. The second-order valence-electron chi connectivity index (χ2n) is 9.13. The van der Waals surface area contributed by atoms with Crippen LogP contribution in [0.15, 0.2) is 54.6 Å². The minimum atomic E-state index is -0.380. The van der Waals surface area contributed by atoms with Crippen LogP contribution in [0.2, 0.25) is 0 Å². The highest BCUT2D eigenvalue weighted by Crippen LogP contribution is 2.34. The highest BCUT2D eigenvalue weighted by Gasteiger charge is 2.33. The van der Waals surface area contributed by atoms with Crippen molar-refractivity contribution in [3.8, 4) is 18.1 Å². The Morgan fingerprint density at radius 3 is 2.37 bits per heavy atom. The van der Waals surface area contributed by atoms with Gasteiger partial charge in [0.1, 0.15) is 19.0 Å². The summed E-state index contributed by atoms with van der Waals surface area (Å²) in [7, 11) is 3.62. The van der Waals surface area contributed by atoms with Crippen molar-refractivity contribution < 1.29 is 28.5 Å². The van der Waals surface area contributed by atoms with Crippen LogP contribution in [0.4, 0.5) is 5.69 Å². The Labute approximate surface area is 249 Å². The quantitative estimate of drug-likeness (QED) is 0.151. The minimum Gasteiger partial charge on any atom is -0.466 e. The largest absolute Gasteiger partial charge is 0.466 e. The number of hydrogen-bond donors (Lipinski definition) is 1. The third kappa shape index (κ3) is 7.36. The van der Waals surface area contributed by atoms with Gasteiger partial charge in [0, 0.05) is 41.7 Å². The maximum absolute atomic E-state index is 13.2. The van der Waals surface area contributed by atoms with Crippen LogP contribution < -0.4 is 10.1 Å². The Hall–Kier alpha value is -4.08. The molecule has 41 heavy (non-hydrogen) atoms. The summed E-state index contributed by atoms with van der Waals surface area (Å²) in [6.07, 6.45) is 5.14. The maximum Gasteiger partial charge on any atom is 0.264 e. The van der Waals surface area contributed by atoms with E-state index in [-0.39, 0.29) is 43.4 Å². The lowest BCUT2D eigenvalue weighted by Gasteiger charge is -2.27. The zero-order valence-corrected chi connectivity index (χ0v) is 24.3. The van der Waals surface area contributed by atoms with Gasteiger partial charge in [0.15, 0.2) is 0 Å². The molecule has 0 fully saturated rings. The molecule has 0 bridgehead atoms. The van der Waals surface area contributed by atoms with Gasteiger partial charge in [-0.05, 0) is 60.3 Å². The number of nitrogens with zero attached hydrogens (tertiary/aromatic N) is 2. The lowest BCUT2D eigenvalue weighted by Crippen LogP contribution is -2.42. The second kappa shape index (κ2) is 14.0. The van der Waals surface area contributed by atoms with E-state index < -0.39 is 0 Å². The van der Waals surface area contributed by atoms with Gasteiger partial charge in [-0.1, -0.05) is 30.2 Å². The van der Waals surface area contributed by atoms with Gasteiger partial charge in [-0.25, -0.2) is 0 Å². The zero-order valence-electron chi connectivity index (χ0n) is 22.7. The van der Waals surface area contributed by atoms with Crippen molar-refractivity contribution in [2.45, 2.75) is 6.61 Å². The van der Waals surface area contributed by atoms with E-state index in [1.54, 1.807) is 41.3 Å². The molecule has 11 heteroatoms. The van der Waals surface area contributed by atoms with Gasteiger partial charge in [-0.15, -0.1) is 6.42 Å². The van der Waals surface area contributed by atoms with Crippen molar-refractivity contribution in [1.82, 2.24) is 9.80 Å². The molecule has 0 spiro atoms. The van der Waals surface area contributed by atoms with E-state index in [0.29, 0.717) is 51.7 Å². The van der Waals surface area contributed by atoms with Crippen molar-refractivity contribution in [2.75, 3.05) is 52.4 Å². The molecular weight excluding hydrogens is 562 g/mol. The Kier molecular flexibility index (Phi) is 10.2. The summed E-state index contributed by atoms with van der Waals surface area (Å²) in [6, 6.07) is 16.1. The SMILES string of the molecule is C#CCOCCOCCN1C(=O)c2cccc3c(NC(=S)OCc4ccc(OC(=S)N(C)C)cc4)ccc(c23)C1=O.